The maximum Gasteiger partial charge on any atom is 0.313 e. The van der Waals surface area contributed by atoms with Crippen LogP contribution in [0.15, 0.2) is 30.3 Å². The van der Waals surface area contributed by atoms with E-state index in [2.05, 4.69) is 5.32 Å². The fourth-order valence-corrected chi connectivity index (χ4v) is 1.52. The third-order valence-corrected chi connectivity index (χ3v) is 3.03. The summed E-state index contributed by atoms with van der Waals surface area (Å²) in [7, 11) is 0. The Balaban J connectivity index is 2.46. The van der Waals surface area contributed by atoms with Gasteiger partial charge in [-0.3, -0.25) is 9.59 Å². The minimum Gasteiger partial charge on any atom is -0.460 e. The van der Waals surface area contributed by atoms with Gasteiger partial charge in [-0.05, 0) is 26.3 Å². The number of nitrogens with one attached hydrogen (secondary N) is 1. The van der Waals surface area contributed by atoms with Gasteiger partial charge in [-0.2, -0.15) is 0 Å². The first-order valence-corrected chi connectivity index (χ1v) is 6.89. The first kappa shape index (κ1) is 16.5. The largest absolute Gasteiger partial charge is 0.460 e. The number of alkyl halides is 1. The van der Waals surface area contributed by atoms with Crippen molar-refractivity contribution in [2.24, 2.45) is 5.41 Å². The molecule has 0 fully saturated rings. The highest BCUT2D eigenvalue weighted by Crippen LogP contribution is 2.17. The second kappa shape index (κ2) is 7.29. The van der Waals surface area contributed by atoms with Gasteiger partial charge in [0.05, 0.1) is 5.41 Å². The number of carbonyl (C=O) groups is 2. The van der Waals surface area contributed by atoms with Gasteiger partial charge in [0.25, 0.3) is 0 Å². The molecule has 0 heterocycles. The highest BCUT2D eigenvalue weighted by Gasteiger charge is 2.30. The molecule has 0 aliphatic heterocycles. The van der Waals surface area contributed by atoms with Gasteiger partial charge in [0.1, 0.15) is 12.0 Å². The zero-order chi connectivity index (χ0) is 15.2. The Labute approximate surface area is 124 Å². The lowest BCUT2D eigenvalue weighted by Gasteiger charge is -2.23. The van der Waals surface area contributed by atoms with Crippen LogP contribution in [-0.4, -0.2) is 23.8 Å². The Morgan fingerprint density at radius 1 is 1.30 bits per heavy atom. The summed E-state index contributed by atoms with van der Waals surface area (Å²) in [5, 5.41) is 2.01. The van der Waals surface area contributed by atoms with Crippen LogP contribution in [0.25, 0.3) is 0 Å². The molecule has 0 saturated heterocycles. The lowest BCUT2D eigenvalue weighted by Crippen LogP contribution is -2.41. The SMILES string of the molecule is C[C@@H](Cl)C(=O)NCC(C)(C)C(=O)OCc1ccccc1. The monoisotopic (exact) mass is 297 g/mol. The first-order valence-electron chi connectivity index (χ1n) is 6.46. The van der Waals surface area contributed by atoms with Gasteiger partial charge >= 0.3 is 5.97 Å². The number of hydrogen-bond acceptors (Lipinski definition) is 3. The summed E-state index contributed by atoms with van der Waals surface area (Å²) in [5.74, 6) is -0.653. The minimum atomic E-state index is -0.795. The van der Waals surface area contributed by atoms with Gasteiger partial charge < -0.3 is 10.1 Å². The second-order valence-corrected chi connectivity index (χ2v) is 5.93. The van der Waals surface area contributed by atoms with Gasteiger partial charge in [-0.15, -0.1) is 11.6 Å². The smallest absolute Gasteiger partial charge is 0.313 e. The molecular formula is C15H20ClNO3. The number of amides is 1. The molecule has 1 rings (SSSR count). The molecule has 1 aromatic carbocycles. The van der Waals surface area contributed by atoms with Gasteiger partial charge in [-0.1, -0.05) is 30.3 Å². The Hall–Kier alpha value is -1.55. The van der Waals surface area contributed by atoms with E-state index in [-0.39, 0.29) is 25.0 Å². The molecular weight excluding hydrogens is 278 g/mol. The lowest BCUT2D eigenvalue weighted by molar-refractivity contribution is -0.155. The molecule has 0 aromatic heterocycles. The van der Waals surface area contributed by atoms with Crippen molar-refractivity contribution in [2.45, 2.75) is 32.8 Å². The van der Waals surface area contributed by atoms with E-state index >= 15 is 0 Å². The number of benzene rings is 1. The summed E-state index contributed by atoms with van der Waals surface area (Å²) in [4.78, 5) is 23.4. The van der Waals surface area contributed by atoms with Crippen LogP contribution in [0.5, 0.6) is 0 Å². The van der Waals surface area contributed by atoms with Gasteiger partial charge in [0.15, 0.2) is 0 Å². The van der Waals surface area contributed by atoms with E-state index in [0.29, 0.717) is 0 Å². The molecule has 1 aromatic rings. The molecule has 0 unspecified atom stereocenters. The van der Waals surface area contributed by atoms with Crippen molar-refractivity contribution in [3.63, 3.8) is 0 Å². The number of rotatable bonds is 6. The highest BCUT2D eigenvalue weighted by atomic mass is 35.5. The molecule has 110 valence electrons. The highest BCUT2D eigenvalue weighted by molar-refractivity contribution is 6.30. The van der Waals surface area contributed by atoms with Crippen LogP contribution in [0.1, 0.15) is 26.3 Å². The summed E-state index contributed by atoms with van der Waals surface area (Å²) in [5.41, 5.74) is 0.131. The summed E-state index contributed by atoms with van der Waals surface area (Å²) >= 11 is 5.65. The molecule has 0 aliphatic rings. The van der Waals surface area contributed by atoms with Crippen LogP contribution in [0, 0.1) is 5.41 Å². The standard InChI is InChI=1S/C15H20ClNO3/c1-11(16)13(18)17-10-15(2,3)14(19)20-9-12-7-5-4-6-8-12/h4-8,11H,9-10H2,1-3H3,(H,17,18)/t11-/m1/s1. The number of carbonyl (C=O) groups excluding carboxylic acids is 2. The number of halogens is 1. The van der Waals surface area contributed by atoms with Crippen molar-refractivity contribution >= 4 is 23.5 Å². The number of hydrogen-bond donors (Lipinski definition) is 1. The Morgan fingerprint density at radius 2 is 1.90 bits per heavy atom. The quantitative estimate of drug-likeness (QED) is 0.648. The average molecular weight is 298 g/mol. The Kier molecular flexibility index (Phi) is 6.02. The van der Waals surface area contributed by atoms with Crippen molar-refractivity contribution in [2.75, 3.05) is 6.54 Å². The van der Waals surface area contributed by atoms with E-state index in [1.165, 1.54) is 0 Å². The van der Waals surface area contributed by atoms with Crippen LogP contribution in [0.4, 0.5) is 0 Å². The number of ether oxygens (including phenoxy) is 1. The summed E-state index contributed by atoms with van der Waals surface area (Å²) in [6.07, 6.45) is 0. The molecule has 4 nitrogen and oxygen atoms in total. The van der Waals surface area contributed by atoms with E-state index < -0.39 is 10.8 Å². The number of esters is 1. The first-order chi connectivity index (χ1) is 9.33. The zero-order valence-corrected chi connectivity index (χ0v) is 12.7. The van der Waals surface area contributed by atoms with Crippen LogP contribution in [-0.2, 0) is 20.9 Å². The third kappa shape index (κ3) is 5.21. The fraction of sp³-hybridized carbons (Fsp3) is 0.467. The predicted octanol–water partition coefficient (Wildman–Crippen LogP) is 2.50. The van der Waals surface area contributed by atoms with Crippen LogP contribution < -0.4 is 5.32 Å². The normalized spacial score (nSPS) is 12.6. The molecule has 0 aliphatic carbocycles. The second-order valence-electron chi connectivity index (χ2n) is 5.28. The molecule has 1 amide bonds. The lowest BCUT2D eigenvalue weighted by atomic mass is 9.93. The van der Waals surface area contributed by atoms with Crippen molar-refractivity contribution < 1.29 is 14.3 Å². The van der Waals surface area contributed by atoms with E-state index in [4.69, 9.17) is 16.3 Å². The minimum absolute atomic E-state index is 0.191. The van der Waals surface area contributed by atoms with E-state index in [1.54, 1.807) is 20.8 Å². The third-order valence-electron chi connectivity index (χ3n) is 2.83. The molecule has 20 heavy (non-hydrogen) atoms. The summed E-state index contributed by atoms with van der Waals surface area (Å²) in [6, 6.07) is 9.44. The maximum absolute atomic E-state index is 12.0. The maximum atomic E-state index is 12.0. The molecule has 0 spiro atoms. The summed E-state index contributed by atoms with van der Waals surface area (Å²) in [6.45, 7) is 5.44. The van der Waals surface area contributed by atoms with E-state index in [9.17, 15) is 9.59 Å². The van der Waals surface area contributed by atoms with Crippen LogP contribution in [0.2, 0.25) is 0 Å². The van der Waals surface area contributed by atoms with Gasteiger partial charge in [-0.25, -0.2) is 0 Å². The topological polar surface area (TPSA) is 55.4 Å². The van der Waals surface area contributed by atoms with Crippen molar-refractivity contribution in [1.29, 1.82) is 0 Å². The molecule has 0 saturated carbocycles. The molecule has 1 N–H and O–H groups in total. The molecule has 5 heteroatoms. The summed E-state index contributed by atoms with van der Waals surface area (Å²) < 4.78 is 5.26. The van der Waals surface area contributed by atoms with E-state index in [0.717, 1.165) is 5.56 Å². The fourth-order valence-electron chi connectivity index (χ4n) is 1.44. The van der Waals surface area contributed by atoms with Crippen molar-refractivity contribution in [1.82, 2.24) is 5.32 Å². The van der Waals surface area contributed by atoms with Crippen molar-refractivity contribution in [3.05, 3.63) is 35.9 Å². The molecule has 1 atom stereocenters. The molecule has 0 radical (unpaired) electrons. The van der Waals surface area contributed by atoms with Crippen molar-refractivity contribution in [3.8, 4) is 0 Å². The van der Waals surface area contributed by atoms with Gasteiger partial charge in [0, 0.05) is 6.54 Å². The van der Waals surface area contributed by atoms with Gasteiger partial charge in [0.2, 0.25) is 5.91 Å². The predicted molar refractivity (Wildman–Crippen MR) is 78.3 cm³/mol. The Bertz CT molecular complexity index is 457. The molecule has 0 bridgehead atoms. The van der Waals surface area contributed by atoms with Crippen LogP contribution >= 0.6 is 11.6 Å². The van der Waals surface area contributed by atoms with E-state index in [1.807, 2.05) is 30.3 Å². The zero-order valence-electron chi connectivity index (χ0n) is 12.0. The average Bonchev–Trinajstić information content (AvgIpc) is 2.43. The Morgan fingerprint density at radius 3 is 2.45 bits per heavy atom. The van der Waals surface area contributed by atoms with Crippen LogP contribution in [0.3, 0.4) is 0 Å².